The van der Waals surface area contributed by atoms with E-state index < -0.39 is 23.3 Å². The highest BCUT2D eigenvalue weighted by Gasteiger charge is 2.42. The van der Waals surface area contributed by atoms with Crippen LogP contribution in [0.4, 0.5) is 13.2 Å². The summed E-state index contributed by atoms with van der Waals surface area (Å²) in [5.41, 5.74) is 2.91. The molecule has 2 atom stereocenters. The van der Waals surface area contributed by atoms with Crippen molar-refractivity contribution in [2.45, 2.75) is 58.3 Å². The number of fused-ring (bicyclic) bond motifs is 2. The lowest BCUT2D eigenvalue weighted by Gasteiger charge is -2.44. The summed E-state index contributed by atoms with van der Waals surface area (Å²) in [7, 11) is 0. The molecule has 0 amide bonds. The van der Waals surface area contributed by atoms with E-state index in [0.717, 1.165) is 28.7 Å². The van der Waals surface area contributed by atoms with Crippen LogP contribution in [-0.4, -0.2) is 29.8 Å². The van der Waals surface area contributed by atoms with Gasteiger partial charge in [0.15, 0.2) is 0 Å². The molecule has 1 aliphatic carbocycles. The highest BCUT2D eigenvalue weighted by molar-refractivity contribution is 5.79. The number of hydrogen-bond donors (Lipinski definition) is 0. The van der Waals surface area contributed by atoms with Crippen molar-refractivity contribution in [2.24, 2.45) is 0 Å². The third kappa shape index (κ3) is 3.76. The van der Waals surface area contributed by atoms with E-state index >= 15 is 8.78 Å². The van der Waals surface area contributed by atoms with E-state index in [-0.39, 0.29) is 23.9 Å². The lowest BCUT2D eigenvalue weighted by Crippen LogP contribution is -2.47. The molecule has 5 heteroatoms. The van der Waals surface area contributed by atoms with Crippen molar-refractivity contribution in [2.75, 3.05) is 13.2 Å². The highest BCUT2D eigenvalue weighted by Crippen LogP contribution is 2.50. The average molecular weight is 415 g/mol. The molecule has 160 valence electrons. The number of ether oxygens (including phenoxy) is 1. The van der Waals surface area contributed by atoms with Crippen LogP contribution in [0.15, 0.2) is 42.0 Å². The van der Waals surface area contributed by atoms with Crippen molar-refractivity contribution < 1.29 is 17.9 Å². The predicted octanol–water partition coefficient (Wildman–Crippen LogP) is 6.26. The second-order valence-corrected chi connectivity index (χ2v) is 8.92. The van der Waals surface area contributed by atoms with Crippen LogP contribution < -0.4 is 4.74 Å². The van der Waals surface area contributed by atoms with E-state index in [1.807, 2.05) is 24.0 Å². The Morgan fingerprint density at radius 1 is 1.13 bits per heavy atom. The Balaban J connectivity index is 1.87. The summed E-state index contributed by atoms with van der Waals surface area (Å²) >= 11 is 0. The van der Waals surface area contributed by atoms with Gasteiger partial charge in [-0.3, -0.25) is 4.90 Å². The summed E-state index contributed by atoms with van der Waals surface area (Å²) in [5.74, 6) is -1.13. The summed E-state index contributed by atoms with van der Waals surface area (Å²) < 4.78 is 50.6. The van der Waals surface area contributed by atoms with E-state index in [4.69, 9.17) is 4.74 Å². The molecule has 0 N–H and O–H groups in total. The second-order valence-electron chi connectivity index (χ2n) is 8.92. The Morgan fingerprint density at radius 2 is 1.80 bits per heavy atom. The zero-order chi connectivity index (χ0) is 21.6. The summed E-state index contributed by atoms with van der Waals surface area (Å²) in [6, 6.07) is 9.87. The van der Waals surface area contributed by atoms with Crippen molar-refractivity contribution in [3.8, 4) is 5.75 Å². The van der Waals surface area contributed by atoms with Gasteiger partial charge in [-0.25, -0.2) is 13.2 Å². The monoisotopic (exact) mass is 415 g/mol. The largest absolute Gasteiger partial charge is 0.494 e. The van der Waals surface area contributed by atoms with Crippen LogP contribution in [0.3, 0.4) is 0 Å². The fraction of sp³-hybridized carbons (Fsp3) is 0.440. The van der Waals surface area contributed by atoms with Crippen molar-refractivity contribution in [1.29, 1.82) is 0 Å². The molecule has 2 aromatic carbocycles. The van der Waals surface area contributed by atoms with Crippen LogP contribution in [0.2, 0.25) is 0 Å². The van der Waals surface area contributed by atoms with Gasteiger partial charge in [-0.1, -0.05) is 24.3 Å². The van der Waals surface area contributed by atoms with Crippen molar-refractivity contribution in [1.82, 2.24) is 4.90 Å². The minimum absolute atomic E-state index is 0.0189. The van der Waals surface area contributed by atoms with Gasteiger partial charge in [0.05, 0.1) is 12.6 Å². The Kier molecular flexibility index (Phi) is 5.43. The number of hydrogen-bond acceptors (Lipinski definition) is 2. The molecule has 0 bridgehead atoms. The lowest BCUT2D eigenvalue weighted by atomic mass is 9.84. The van der Waals surface area contributed by atoms with Gasteiger partial charge in [0.25, 0.3) is 0 Å². The first-order valence-electron chi connectivity index (χ1n) is 10.6. The van der Waals surface area contributed by atoms with Gasteiger partial charge in [-0.15, -0.1) is 0 Å². The Hall–Kier alpha value is -2.27. The van der Waals surface area contributed by atoms with Gasteiger partial charge >= 0.3 is 0 Å². The number of benzene rings is 2. The molecule has 1 aliphatic heterocycles. The lowest BCUT2D eigenvalue weighted by molar-refractivity contribution is 0.0676. The molecule has 30 heavy (non-hydrogen) atoms. The van der Waals surface area contributed by atoms with E-state index in [1.54, 1.807) is 6.92 Å². The topological polar surface area (TPSA) is 12.5 Å². The molecule has 0 aromatic heterocycles. The molecule has 0 radical (unpaired) electrons. The van der Waals surface area contributed by atoms with Crippen molar-refractivity contribution >= 4 is 5.57 Å². The zero-order valence-corrected chi connectivity index (χ0v) is 17.9. The summed E-state index contributed by atoms with van der Waals surface area (Å²) in [4.78, 5) is 1.92. The molecule has 2 unspecified atom stereocenters. The minimum atomic E-state index is -1.49. The third-order valence-electron chi connectivity index (χ3n) is 6.03. The quantitative estimate of drug-likeness (QED) is 0.572. The van der Waals surface area contributed by atoms with Crippen molar-refractivity contribution in [3.63, 3.8) is 0 Å². The molecular weight excluding hydrogens is 387 g/mol. The standard InChI is InChI=1S/C25H28F3NO/c1-5-30-17-12-21(26)23(22(27)13-17)24-20-11-16-8-6-7-9-18(16)19(20)10-15(2)29(24)14-25(3,4)28/h6-9,12-13,15,24H,5,10-11,14H2,1-4H3. The molecule has 4 rings (SSSR count). The number of nitrogens with zero attached hydrogens (tertiary/aromatic N) is 1. The van der Waals surface area contributed by atoms with Crippen LogP contribution in [0.25, 0.3) is 5.57 Å². The van der Waals surface area contributed by atoms with Crippen LogP contribution in [0.5, 0.6) is 5.75 Å². The Labute approximate surface area is 176 Å². The maximum absolute atomic E-state index is 15.3. The first-order chi connectivity index (χ1) is 14.2. The van der Waals surface area contributed by atoms with Crippen LogP contribution in [-0.2, 0) is 6.42 Å². The van der Waals surface area contributed by atoms with Crippen LogP contribution >= 0.6 is 0 Å². The highest BCUT2D eigenvalue weighted by atomic mass is 19.1. The molecular formula is C25H28F3NO. The number of alkyl halides is 1. The van der Waals surface area contributed by atoms with Gasteiger partial charge in [-0.2, -0.15) is 0 Å². The van der Waals surface area contributed by atoms with Gasteiger partial charge < -0.3 is 4.74 Å². The maximum Gasteiger partial charge on any atom is 0.134 e. The van der Waals surface area contributed by atoms with Crippen LogP contribution in [0.1, 0.15) is 56.8 Å². The van der Waals surface area contributed by atoms with E-state index in [9.17, 15) is 4.39 Å². The zero-order valence-electron chi connectivity index (χ0n) is 17.9. The van der Waals surface area contributed by atoms with Gasteiger partial charge in [0.1, 0.15) is 23.1 Å². The van der Waals surface area contributed by atoms with Crippen molar-refractivity contribution in [3.05, 3.63) is 70.3 Å². The van der Waals surface area contributed by atoms with E-state index in [0.29, 0.717) is 13.0 Å². The average Bonchev–Trinajstić information content (AvgIpc) is 3.01. The maximum atomic E-state index is 15.3. The predicted molar refractivity (Wildman–Crippen MR) is 113 cm³/mol. The third-order valence-corrected chi connectivity index (χ3v) is 6.03. The van der Waals surface area contributed by atoms with Crippen LogP contribution in [0, 0.1) is 11.6 Å². The first-order valence-corrected chi connectivity index (χ1v) is 10.6. The normalized spacial score (nSPS) is 21.6. The fourth-order valence-electron chi connectivity index (χ4n) is 4.92. The first kappa shape index (κ1) is 21.0. The number of halogens is 3. The Morgan fingerprint density at radius 3 is 2.43 bits per heavy atom. The second kappa shape index (κ2) is 7.77. The fourth-order valence-corrected chi connectivity index (χ4v) is 4.92. The minimum Gasteiger partial charge on any atom is -0.494 e. The van der Waals surface area contributed by atoms with Gasteiger partial charge in [-0.05, 0) is 62.8 Å². The smallest absolute Gasteiger partial charge is 0.134 e. The molecule has 0 saturated heterocycles. The number of rotatable bonds is 5. The molecule has 0 spiro atoms. The Bertz CT molecular complexity index is 969. The summed E-state index contributed by atoms with van der Waals surface area (Å²) in [5, 5.41) is 0. The summed E-state index contributed by atoms with van der Waals surface area (Å²) in [6.07, 6.45) is 1.36. The SMILES string of the molecule is CCOc1cc(F)c(C2C3=C(CC(C)N2CC(C)(C)F)c2ccccc2C3)c(F)c1. The van der Waals surface area contributed by atoms with Gasteiger partial charge in [0.2, 0.25) is 0 Å². The summed E-state index contributed by atoms with van der Waals surface area (Å²) in [6.45, 7) is 7.21. The molecule has 2 nitrogen and oxygen atoms in total. The molecule has 2 aliphatic rings. The molecule has 0 fully saturated rings. The van der Waals surface area contributed by atoms with E-state index in [2.05, 4.69) is 12.1 Å². The van der Waals surface area contributed by atoms with E-state index in [1.165, 1.54) is 26.0 Å². The van der Waals surface area contributed by atoms with Gasteiger partial charge in [0, 0.05) is 30.3 Å². The molecule has 2 aromatic rings. The molecule has 0 saturated carbocycles. The molecule has 1 heterocycles.